The molecule has 0 amide bonds. The molecule has 0 saturated heterocycles. The minimum atomic E-state index is -1.73. The molecule has 1 nitrogen and oxygen atoms in total. The first-order valence-electron chi connectivity index (χ1n) is 3.37. The van der Waals surface area contributed by atoms with Gasteiger partial charge in [0, 0.05) is 0 Å². The van der Waals surface area contributed by atoms with Gasteiger partial charge in [-0.15, -0.1) is 0 Å². The topological polar surface area (TPSA) is 9.23 Å². The van der Waals surface area contributed by atoms with Gasteiger partial charge in [0.25, 0.3) is 0 Å². The summed E-state index contributed by atoms with van der Waals surface area (Å²) in [7, 11) is 1.97. The van der Waals surface area contributed by atoms with E-state index in [2.05, 4.69) is 4.74 Å². The van der Waals surface area contributed by atoms with Crippen LogP contribution in [-0.4, -0.2) is 15.0 Å². The van der Waals surface area contributed by atoms with E-state index in [1.54, 1.807) is 0 Å². The Hall–Kier alpha value is -1.20. The molecule has 13 heavy (non-hydrogen) atoms. The van der Waals surface area contributed by atoms with Gasteiger partial charge < -0.3 is 4.74 Å². The number of halogens is 4. The van der Waals surface area contributed by atoms with E-state index in [0.29, 0.717) is 0 Å². The lowest BCUT2D eigenvalue weighted by molar-refractivity contribution is 0.338. The van der Waals surface area contributed by atoms with Crippen LogP contribution in [-0.2, 0) is 0 Å². The smallest absolute Gasteiger partial charge is 0.206 e. The van der Waals surface area contributed by atoms with E-state index in [9.17, 15) is 17.6 Å². The molecule has 0 atom stereocenters. The zero-order valence-electron chi connectivity index (χ0n) is 6.92. The summed E-state index contributed by atoms with van der Waals surface area (Å²) in [6.45, 7) is 0. The van der Waals surface area contributed by atoms with Gasteiger partial charge >= 0.3 is 0 Å². The zero-order valence-corrected chi connectivity index (χ0v) is 6.92. The van der Waals surface area contributed by atoms with Crippen molar-refractivity contribution in [1.29, 1.82) is 0 Å². The molecule has 0 aliphatic carbocycles. The zero-order chi connectivity index (χ0) is 10.2. The average molecular weight is 192 g/mol. The number of rotatable bonds is 1. The maximum Gasteiger partial charge on any atom is 0.206 e. The maximum absolute atomic E-state index is 12.9. The van der Waals surface area contributed by atoms with Crippen molar-refractivity contribution >= 4 is 13.3 Å². The van der Waals surface area contributed by atoms with Crippen LogP contribution in [0.5, 0.6) is 5.75 Å². The summed E-state index contributed by atoms with van der Waals surface area (Å²) >= 11 is 0. The largest absolute Gasteiger partial charge is 0.491 e. The van der Waals surface area contributed by atoms with Crippen LogP contribution in [0.2, 0.25) is 0 Å². The van der Waals surface area contributed by atoms with E-state index in [0.717, 1.165) is 15.0 Å². The summed E-state index contributed by atoms with van der Waals surface area (Å²) < 4.78 is 55.2. The summed E-state index contributed by atoms with van der Waals surface area (Å²) in [5.41, 5.74) is -0.601. The lowest BCUT2D eigenvalue weighted by Gasteiger charge is -2.07. The van der Waals surface area contributed by atoms with Crippen molar-refractivity contribution < 1.29 is 22.3 Å². The van der Waals surface area contributed by atoms with Crippen LogP contribution in [0, 0.1) is 23.3 Å². The van der Waals surface area contributed by atoms with Gasteiger partial charge in [-0.05, 0) is 5.46 Å². The molecule has 1 aromatic carbocycles. The quantitative estimate of drug-likeness (QED) is 0.272. The highest BCUT2D eigenvalue weighted by molar-refractivity contribution is 6.32. The second kappa shape index (κ2) is 3.28. The molecule has 6 heteroatoms. The number of methoxy groups -OCH3 is 1. The monoisotopic (exact) mass is 192 g/mol. The van der Waals surface area contributed by atoms with Crippen molar-refractivity contribution in [3.63, 3.8) is 0 Å². The van der Waals surface area contributed by atoms with Gasteiger partial charge in [-0.25, -0.2) is 13.2 Å². The average Bonchev–Trinajstić information content (AvgIpc) is 2.13. The molecule has 0 spiro atoms. The summed E-state index contributed by atoms with van der Waals surface area (Å²) in [6.07, 6.45) is 0. The Morgan fingerprint density at radius 2 is 1.46 bits per heavy atom. The normalized spacial score (nSPS) is 10.2. The van der Waals surface area contributed by atoms with Crippen LogP contribution in [0.25, 0.3) is 0 Å². The van der Waals surface area contributed by atoms with E-state index >= 15 is 0 Å². The van der Waals surface area contributed by atoms with E-state index in [1.165, 1.54) is 0 Å². The second-order valence-corrected chi connectivity index (χ2v) is 2.41. The Bertz CT molecular complexity index is 324. The Morgan fingerprint density at radius 1 is 0.923 bits per heavy atom. The van der Waals surface area contributed by atoms with E-state index in [1.807, 2.05) is 0 Å². The van der Waals surface area contributed by atoms with Gasteiger partial charge in [0.05, 0.1) is 7.11 Å². The molecule has 0 unspecified atom stereocenters. The fraction of sp³-hybridized carbons (Fsp3) is 0.143. The number of hydrogen-bond acceptors (Lipinski definition) is 1. The van der Waals surface area contributed by atoms with E-state index < -0.39 is 34.5 Å². The minimum Gasteiger partial charge on any atom is -0.491 e. The van der Waals surface area contributed by atoms with Crippen molar-refractivity contribution in [3.05, 3.63) is 23.3 Å². The molecule has 0 radical (unpaired) electrons. The fourth-order valence-corrected chi connectivity index (χ4v) is 0.903. The third-order valence-corrected chi connectivity index (χ3v) is 1.65. The first-order valence-corrected chi connectivity index (χ1v) is 3.37. The third-order valence-electron chi connectivity index (χ3n) is 1.65. The van der Waals surface area contributed by atoms with Crippen LogP contribution >= 0.6 is 0 Å². The molecule has 0 aliphatic heterocycles. The highest BCUT2D eigenvalue weighted by atomic mass is 19.2. The van der Waals surface area contributed by atoms with Crippen molar-refractivity contribution in [2.75, 3.05) is 7.11 Å². The van der Waals surface area contributed by atoms with Crippen LogP contribution in [0.3, 0.4) is 0 Å². The molecule has 1 rings (SSSR count). The highest BCUT2D eigenvalue weighted by Gasteiger charge is 2.22. The lowest BCUT2D eigenvalue weighted by atomic mass is 9.94. The summed E-state index contributed by atoms with van der Waals surface area (Å²) in [5.74, 6) is -7.04. The van der Waals surface area contributed by atoms with Crippen LogP contribution in [0.15, 0.2) is 0 Å². The molecule has 0 aliphatic rings. The molecule has 1 aromatic rings. The Balaban J connectivity index is 3.56. The van der Waals surface area contributed by atoms with Crippen molar-refractivity contribution in [2.24, 2.45) is 0 Å². The summed E-state index contributed by atoms with van der Waals surface area (Å²) in [6, 6.07) is 0. The first kappa shape index (κ1) is 9.89. The molecule has 0 aromatic heterocycles. The third kappa shape index (κ3) is 1.36. The van der Waals surface area contributed by atoms with Gasteiger partial charge in [-0.2, -0.15) is 4.39 Å². The van der Waals surface area contributed by atoms with E-state index in [4.69, 9.17) is 0 Å². The second-order valence-electron chi connectivity index (χ2n) is 2.41. The Labute approximate surface area is 72.7 Å². The Morgan fingerprint density at radius 3 is 1.92 bits per heavy atom. The van der Waals surface area contributed by atoms with Gasteiger partial charge in [0.15, 0.2) is 23.2 Å². The molecule has 0 fully saturated rings. The summed E-state index contributed by atoms with van der Waals surface area (Å²) in [4.78, 5) is 0. The molecule has 0 N–H and O–H groups in total. The maximum atomic E-state index is 12.9. The van der Waals surface area contributed by atoms with Crippen LogP contribution in [0.1, 0.15) is 0 Å². The lowest BCUT2D eigenvalue weighted by Crippen LogP contribution is -2.19. The van der Waals surface area contributed by atoms with E-state index in [-0.39, 0.29) is 0 Å². The number of ether oxygens (including phenoxy) is 1. The number of hydrogen-bond donors (Lipinski definition) is 0. The predicted octanol–water partition coefficient (Wildman–Crippen LogP) is 0.510. The van der Waals surface area contributed by atoms with Gasteiger partial charge in [0.1, 0.15) is 7.85 Å². The predicted molar refractivity (Wildman–Crippen MR) is 41.0 cm³/mol. The first-order chi connectivity index (χ1) is 6.00. The SMILES string of the molecule is Bc1c(F)c(F)c(F)c(OC)c1F. The van der Waals surface area contributed by atoms with Crippen LogP contribution in [0.4, 0.5) is 17.6 Å². The summed E-state index contributed by atoms with van der Waals surface area (Å²) in [5, 5.41) is 0. The van der Waals surface area contributed by atoms with Crippen molar-refractivity contribution in [2.45, 2.75) is 0 Å². The molecule has 70 valence electrons. The molecule has 0 bridgehead atoms. The van der Waals surface area contributed by atoms with Crippen molar-refractivity contribution in [3.8, 4) is 5.75 Å². The number of benzene rings is 1. The highest BCUT2D eigenvalue weighted by Crippen LogP contribution is 2.23. The standard InChI is InChI=1S/C7H5BF4O/c1-13-7-4(10)2(8)3(9)5(11)6(7)12/h8H2,1H3. The van der Waals surface area contributed by atoms with Gasteiger partial charge in [0.2, 0.25) is 5.82 Å². The van der Waals surface area contributed by atoms with Gasteiger partial charge in [-0.1, -0.05) is 0 Å². The van der Waals surface area contributed by atoms with Crippen molar-refractivity contribution in [1.82, 2.24) is 0 Å². The fourth-order valence-electron chi connectivity index (χ4n) is 0.903. The molecular formula is C7H5BF4O. The molecule has 0 heterocycles. The minimum absolute atomic E-state index is 0.601. The molecular weight excluding hydrogens is 187 g/mol. The molecule has 0 saturated carbocycles. The van der Waals surface area contributed by atoms with Crippen LogP contribution < -0.4 is 10.2 Å². The van der Waals surface area contributed by atoms with Gasteiger partial charge in [-0.3, -0.25) is 0 Å². The Kier molecular flexibility index (Phi) is 2.49.